The van der Waals surface area contributed by atoms with E-state index in [9.17, 15) is 0 Å². The molecule has 54 heavy (non-hydrogen) atoms. The molecule has 3 heterocycles. The summed E-state index contributed by atoms with van der Waals surface area (Å²) in [5, 5.41) is 3.28. The highest BCUT2D eigenvalue weighted by molar-refractivity contribution is 6.12. The van der Waals surface area contributed by atoms with Gasteiger partial charge in [-0.25, -0.2) is 15.0 Å². The molecule has 5 nitrogen and oxygen atoms in total. The van der Waals surface area contributed by atoms with Crippen molar-refractivity contribution in [3.63, 3.8) is 0 Å². The molecule has 0 N–H and O–H groups in total. The summed E-state index contributed by atoms with van der Waals surface area (Å²) >= 11 is 0. The molecule has 9 aromatic rings. The number of aromatic nitrogens is 4. The third-order valence-electron chi connectivity index (χ3n) is 10.8. The summed E-state index contributed by atoms with van der Waals surface area (Å²) in [5.74, 6) is 2.52. The summed E-state index contributed by atoms with van der Waals surface area (Å²) in [6, 6.07) is 50.4. The zero-order chi connectivity index (χ0) is 35.6. The molecule has 254 valence electrons. The van der Waals surface area contributed by atoms with Crippen molar-refractivity contribution in [3.05, 3.63) is 187 Å². The lowest BCUT2D eigenvalue weighted by Gasteiger charge is -2.26. The van der Waals surface area contributed by atoms with E-state index in [1.165, 1.54) is 27.7 Å². The summed E-state index contributed by atoms with van der Waals surface area (Å²) in [5.41, 5.74) is 11.5. The van der Waals surface area contributed by atoms with Gasteiger partial charge in [0.15, 0.2) is 17.5 Å². The molecule has 0 saturated carbocycles. The number of hydrogen-bond donors (Lipinski definition) is 0. The van der Waals surface area contributed by atoms with Crippen molar-refractivity contribution in [2.75, 3.05) is 0 Å². The van der Waals surface area contributed by atoms with Crippen molar-refractivity contribution in [2.24, 2.45) is 5.92 Å². The molecule has 0 bridgehead atoms. The Kier molecular flexibility index (Phi) is 6.92. The summed E-state index contributed by atoms with van der Waals surface area (Å²) in [6.07, 6.45) is 13.6. The van der Waals surface area contributed by atoms with Gasteiger partial charge in [-0.15, -0.1) is 0 Å². The maximum Gasteiger partial charge on any atom is 0.164 e. The van der Waals surface area contributed by atoms with Gasteiger partial charge in [-0.3, -0.25) is 0 Å². The fourth-order valence-corrected chi connectivity index (χ4v) is 8.30. The van der Waals surface area contributed by atoms with E-state index in [0.717, 1.165) is 49.9 Å². The zero-order valence-corrected chi connectivity index (χ0v) is 29.2. The van der Waals surface area contributed by atoms with E-state index in [-0.39, 0.29) is 0 Å². The second-order valence-electron chi connectivity index (χ2n) is 14.0. The van der Waals surface area contributed by atoms with Crippen molar-refractivity contribution in [2.45, 2.75) is 5.92 Å². The van der Waals surface area contributed by atoms with Crippen molar-refractivity contribution < 1.29 is 4.42 Å². The highest BCUT2D eigenvalue weighted by Gasteiger charge is 2.30. The number of furan rings is 1. The van der Waals surface area contributed by atoms with Crippen LogP contribution in [0.5, 0.6) is 0 Å². The van der Waals surface area contributed by atoms with E-state index in [4.69, 9.17) is 19.4 Å². The van der Waals surface area contributed by atoms with Crippen LogP contribution in [0.4, 0.5) is 0 Å². The molecule has 2 aliphatic rings. The van der Waals surface area contributed by atoms with E-state index < -0.39 is 0 Å². The quantitative estimate of drug-likeness (QED) is 0.180. The minimum atomic E-state index is 0.312. The Labute approximate surface area is 311 Å². The first-order valence-electron chi connectivity index (χ1n) is 18.4. The van der Waals surface area contributed by atoms with Gasteiger partial charge in [0, 0.05) is 56.4 Å². The van der Waals surface area contributed by atoms with Crippen LogP contribution >= 0.6 is 0 Å². The van der Waals surface area contributed by atoms with E-state index in [1.54, 1.807) is 0 Å². The predicted octanol–water partition coefficient (Wildman–Crippen LogP) is 12.2. The van der Waals surface area contributed by atoms with Crippen molar-refractivity contribution >= 4 is 38.9 Å². The smallest absolute Gasteiger partial charge is 0.164 e. The number of allylic oxidation sites excluding steroid dienone is 5. The van der Waals surface area contributed by atoms with Crippen LogP contribution in [0.15, 0.2) is 180 Å². The van der Waals surface area contributed by atoms with Gasteiger partial charge in [0.05, 0.1) is 11.2 Å². The molecule has 2 atom stereocenters. The zero-order valence-electron chi connectivity index (χ0n) is 29.2. The predicted molar refractivity (Wildman–Crippen MR) is 219 cm³/mol. The number of rotatable bonds is 5. The third kappa shape index (κ3) is 4.90. The lowest BCUT2D eigenvalue weighted by Crippen LogP contribution is -2.13. The Morgan fingerprint density at radius 3 is 1.98 bits per heavy atom. The van der Waals surface area contributed by atoms with Crippen LogP contribution in [0.3, 0.4) is 0 Å². The van der Waals surface area contributed by atoms with E-state index in [0.29, 0.717) is 29.3 Å². The first kappa shape index (κ1) is 30.5. The van der Waals surface area contributed by atoms with E-state index in [2.05, 4.69) is 138 Å². The minimum absolute atomic E-state index is 0.312. The van der Waals surface area contributed by atoms with Gasteiger partial charge in [-0.05, 0) is 47.0 Å². The summed E-state index contributed by atoms with van der Waals surface area (Å²) < 4.78 is 9.04. The average molecular weight is 693 g/mol. The van der Waals surface area contributed by atoms with Gasteiger partial charge in [0.2, 0.25) is 0 Å². The largest absolute Gasteiger partial charge is 0.456 e. The van der Waals surface area contributed by atoms with E-state index in [1.807, 2.05) is 48.5 Å². The number of hydrogen-bond acceptors (Lipinski definition) is 4. The summed E-state index contributed by atoms with van der Waals surface area (Å²) in [7, 11) is 0. The molecule has 0 spiro atoms. The Hall–Kier alpha value is -7.11. The molecule has 0 aliphatic heterocycles. The standard InChI is InChI=1S/C49H32N4O/c1-3-12-31(13-4-1)32-22-24-35(25-23-32)48-50-47(34-15-5-2-6-16-34)51-49(52-48)40-19-11-21-43-46(40)39-28-27-36(30-44(39)54-43)53-41-20-10-9-18-38(41)45-37-17-8-7-14-33(37)26-29-42(45)53/h1-30,33,37H. The molecule has 2 aliphatic carbocycles. The minimum Gasteiger partial charge on any atom is -0.456 e. The third-order valence-corrected chi connectivity index (χ3v) is 10.8. The van der Waals surface area contributed by atoms with Gasteiger partial charge in [0.1, 0.15) is 11.2 Å². The fourth-order valence-electron chi connectivity index (χ4n) is 8.30. The van der Waals surface area contributed by atoms with E-state index >= 15 is 0 Å². The first-order valence-corrected chi connectivity index (χ1v) is 18.4. The Morgan fingerprint density at radius 1 is 0.500 bits per heavy atom. The molecule has 0 fully saturated rings. The highest BCUT2D eigenvalue weighted by Crippen LogP contribution is 2.45. The molecule has 0 amide bonds. The Morgan fingerprint density at radius 2 is 1.17 bits per heavy atom. The number of nitrogens with zero attached hydrogens (tertiary/aromatic N) is 4. The number of fused-ring (bicyclic) bond motifs is 8. The molecule has 6 aromatic carbocycles. The van der Waals surface area contributed by atoms with Crippen molar-refractivity contribution in [1.29, 1.82) is 0 Å². The topological polar surface area (TPSA) is 56.7 Å². The van der Waals surface area contributed by atoms with Crippen LogP contribution in [0.2, 0.25) is 0 Å². The summed E-state index contributed by atoms with van der Waals surface area (Å²) in [4.78, 5) is 15.2. The maximum absolute atomic E-state index is 6.66. The monoisotopic (exact) mass is 692 g/mol. The molecular formula is C49H32N4O. The van der Waals surface area contributed by atoms with Gasteiger partial charge in [-0.1, -0.05) is 146 Å². The van der Waals surface area contributed by atoms with Gasteiger partial charge < -0.3 is 8.98 Å². The molecule has 11 rings (SSSR count). The molecule has 0 radical (unpaired) electrons. The SMILES string of the molecule is C1=CC2C=Cc3c(c4ccccc4n3-c3ccc4c(c3)oc3cccc(-c5nc(-c6ccccc6)nc(-c6ccc(-c7ccccc7)cc6)n5)c34)C2C=C1. The molecule has 5 heteroatoms. The number of para-hydroxylation sites is 1. The van der Waals surface area contributed by atoms with Crippen molar-refractivity contribution in [1.82, 2.24) is 19.5 Å². The lowest BCUT2D eigenvalue weighted by molar-refractivity contribution is 0.668. The van der Waals surface area contributed by atoms with Crippen LogP contribution in [-0.2, 0) is 0 Å². The lowest BCUT2D eigenvalue weighted by atomic mass is 9.78. The summed E-state index contributed by atoms with van der Waals surface area (Å²) in [6.45, 7) is 0. The van der Waals surface area contributed by atoms with Crippen LogP contribution in [-0.4, -0.2) is 19.5 Å². The van der Waals surface area contributed by atoms with Crippen LogP contribution in [0.1, 0.15) is 17.2 Å². The van der Waals surface area contributed by atoms with Crippen LogP contribution < -0.4 is 0 Å². The molecular weight excluding hydrogens is 661 g/mol. The average Bonchev–Trinajstić information content (AvgIpc) is 3.80. The van der Waals surface area contributed by atoms with Crippen LogP contribution in [0.25, 0.3) is 89.9 Å². The van der Waals surface area contributed by atoms with Gasteiger partial charge >= 0.3 is 0 Å². The van der Waals surface area contributed by atoms with Crippen molar-refractivity contribution in [3.8, 4) is 51.0 Å². The van der Waals surface area contributed by atoms with Gasteiger partial charge in [0.25, 0.3) is 0 Å². The Bertz CT molecular complexity index is 2990. The Balaban J connectivity index is 1.06. The second-order valence-corrected chi connectivity index (χ2v) is 14.0. The first-order chi connectivity index (χ1) is 26.8. The second kappa shape index (κ2) is 12.2. The molecule has 3 aromatic heterocycles. The normalized spacial score (nSPS) is 15.9. The van der Waals surface area contributed by atoms with Crippen LogP contribution in [0, 0.1) is 5.92 Å². The fraction of sp³-hybridized carbons (Fsp3) is 0.0408. The molecule has 2 unspecified atom stereocenters. The number of benzene rings is 6. The van der Waals surface area contributed by atoms with Gasteiger partial charge in [-0.2, -0.15) is 0 Å². The maximum atomic E-state index is 6.66. The highest BCUT2D eigenvalue weighted by atomic mass is 16.3. The molecule has 0 saturated heterocycles.